The average Bonchev–Trinajstić information content (AvgIpc) is 3.42. The van der Waals surface area contributed by atoms with Gasteiger partial charge in [0, 0.05) is 19.3 Å². The molecule has 3 atom stereocenters. The number of hydrogen-bond acceptors (Lipinski definition) is 8. The summed E-state index contributed by atoms with van der Waals surface area (Å²) in [4.78, 5) is 35.6. The van der Waals surface area contributed by atoms with Crippen molar-refractivity contribution in [2.45, 2.75) is 95.5 Å². The summed E-state index contributed by atoms with van der Waals surface area (Å²) in [5.41, 5.74) is -0.931. The van der Waals surface area contributed by atoms with Crippen LogP contribution < -0.4 is 5.32 Å². The fourth-order valence-corrected chi connectivity index (χ4v) is 4.38. The molecule has 1 fully saturated rings. The molecule has 1 aliphatic heterocycles. The molecule has 3 heterocycles. The Morgan fingerprint density at radius 2 is 2.03 bits per heavy atom. The molecule has 0 bridgehead atoms. The second-order valence-electron chi connectivity index (χ2n) is 9.02. The first-order valence-corrected chi connectivity index (χ1v) is 12.4. The van der Waals surface area contributed by atoms with Crippen molar-refractivity contribution in [3.63, 3.8) is 0 Å². The molecule has 2 N–H and O–H groups in total. The van der Waals surface area contributed by atoms with Gasteiger partial charge in [-0.2, -0.15) is 14.4 Å². The maximum absolute atomic E-state index is 14.3. The van der Waals surface area contributed by atoms with Gasteiger partial charge in [0.05, 0.1) is 19.5 Å². The van der Waals surface area contributed by atoms with Gasteiger partial charge in [-0.1, -0.05) is 38.5 Å². The number of terminal acetylenes is 1. The minimum absolute atomic E-state index is 0.0145. The second-order valence-corrected chi connectivity index (χ2v) is 9.02. The number of anilines is 1. The van der Waals surface area contributed by atoms with Crippen molar-refractivity contribution in [3.8, 4) is 12.3 Å². The summed E-state index contributed by atoms with van der Waals surface area (Å²) in [6.45, 7) is 2.12. The molecular weight excluding hydrogens is 469 g/mol. The van der Waals surface area contributed by atoms with Crippen LogP contribution in [0.25, 0.3) is 11.2 Å². The number of ether oxygens (including phenoxy) is 2. The van der Waals surface area contributed by atoms with Gasteiger partial charge >= 0.3 is 12.0 Å². The summed E-state index contributed by atoms with van der Waals surface area (Å²) in [5, 5.41) is 13.4. The Morgan fingerprint density at radius 3 is 2.75 bits per heavy atom. The number of amides is 1. The molecule has 1 amide bonds. The van der Waals surface area contributed by atoms with E-state index in [-0.39, 0.29) is 41.7 Å². The molecule has 0 unspecified atom stereocenters. The van der Waals surface area contributed by atoms with Gasteiger partial charge in [-0.3, -0.25) is 14.2 Å². The number of nitrogens with zero attached hydrogens (tertiary/aromatic N) is 4. The number of fused-ring (bicyclic) bond motifs is 1. The fraction of sp³-hybridized carbons (Fsp3) is 0.640. The van der Waals surface area contributed by atoms with Gasteiger partial charge in [-0.25, -0.2) is 4.98 Å². The monoisotopic (exact) mass is 503 g/mol. The predicted molar refractivity (Wildman–Crippen MR) is 130 cm³/mol. The van der Waals surface area contributed by atoms with Gasteiger partial charge < -0.3 is 19.9 Å². The number of aromatic nitrogens is 4. The van der Waals surface area contributed by atoms with Crippen LogP contribution in [0.5, 0.6) is 0 Å². The lowest BCUT2D eigenvalue weighted by Crippen LogP contribution is -2.37. The summed E-state index contributed by atoms with van der Waals surface area (Å²) < 4.78 is 26.5. The van der Waals surface area contributed by atoms with Crippen molar-refractivity contribution in [1.82, 2.24) is 19.5 Å². The first kappa shape index (κ1) is 27.5. The Bertz CT molecular complexity index is 1100. The molecule has 36 heavy (non-hydrogen) atoms. The summed E-state index contributed by atoms with van der Waals surface area (Å²) >= 11 is 0. The zero-order valence-corrected chi connectivity index (χ0v) is 20.8. The van der Waals surface area contributed by atoms with E-state index in [2.05, 4.69) is 37.8 Å². The molecule has 0 aliphatic carbocycles. The summed E-state index contributed by atoms with van der Waals surface area (Å²) in [5.74, 6) is 1.96. The van der Waals surface area contributed by atoms with Gasteiger partial charge in [-0.05, 0) is 25.7 Å². The highest BCUT2D eigenvalue weighted by Gasteiger charge is 2.47. The van der Waals surface area contributed by atoms with E-state index in [9.17, 15) is 19.1 Å². The number of carbonyl (C=O) groups excluding carboxylic acids is 2. The standard InChI is InChI=1S/C25H34FN5O5/c1-4-6-7-8-9-12-18(33)28-22-21-23(30-24(26)29-22)31(16-27-21)19-15-17(32)25(5-2,36-19)14-11-10-13-20(34)35-3/h2,16-17,19,32H,4,6-15H2,1,3H3,(H,28,29,30,33)/t17-,19+,25-/m0/s1. The number of imidazole rings is 1. The highest BCUT2D eigenvalue weighted by molar-refractivity contribution is 5.96. The van der Waals surface area contributed by atoms with Crippen molar-refractivity contribution in [3.05, 3.63) is 12.4 Å². The summed E-state index contributed by atoms with van der Waals surface area (Å²) in [6.07, 6.45) is 11.5. The third kappa shape index (κ3) is 6.56. The zero-order valence-electron chi connectivity index (χ0n) is 20.8. The predicted octanol–water partition coefficient (Wildman–Crippen LogP) is 3.65. The molecule has 2 aromatic rings. The SMILES string of the molecule is C#C[C@@]1(CCCCC(=O)OC)O[C@@H](n2cnc3c(NC(=O)CCCCCCC)nc(F)nc32)C[C@@H]1O. The van der Waals surface area contributed by atoms with Crippen LogP contribution >= 0.6 is 0 Å². The van der Waals surface area contributed by atoms with Gasteiger partial charge in [0.1, 0.15) is 6.23 Å². The van der Waals surface area contributed by atoms with Gasteiger partial charge in [0.25, 0.3) is 0 Å². The van der Waals surface area contributed by atoms with E-state index in [1.54, 1.807) is 0 Å². The average molecular weight is 504 g/mol. The maximum Gasteiger partial charge on any atom is 0.312 e. The fourth-order valence-electron chi connectivity index (χ4n) is 4.38. The van der Waals surface area contributed by atoms with Crippen LogP contribution in [-0.4, -0.2) is 55.3 Å². The Balaban J connectivity index is 1.70. The minimum Gasteiger partial charge on any atom is -0.469 e. The van der Waals surface area contributed by atoms with Crippen molar-refractivity contribution >= 4 is 28.9 Å². The molecule has 1 aliphatic rings. The number of carbonyl (C=O) groups is 2. The lowest BCUT2D eigenvalue weighted by Gasteiger charge is -2.26. The lowest BCUT2D eigenvalue weighted by molar-refractivity contribution is -0.140. The number of esters is 1. The number of methoxy groups -OCH3 is 1. The number of unbranched alkanes of at least 4 members (excludes halogenated alkanes) is 5. The Morgan fingerprint density at radius 1 is 1.28 bits per heavy atom. The number of hydrogen-bond donors (Lipinski definition) is 2. The van der Waals surface area contributed by atoms with E-state index in [0.29, 0.717) is 25.7 Å². The van der Waals surface area contributed by atoms with Gasteiger partial charge in [-0.15, -0.1) is 6.42 Å². The summed E-state index contributed by atoms with van der Waals surface area (Å²) in [6, 6.07) is 0. The van der Waals surface area contributed by atoms with Gasteiger partial charge in [0.2, 0.25) is 5.91 Å². The third-order valence-electron chi connectivity index (χ3n) is 6.43. The highest BCUT2D eigenvalue weighted by Crippen LogP contribution is 2.41. The van der Waals surface area contributed by atoms with E-state index in [1.165, 1.54) is 18.0 Å². The van der Waals surface area contributed by atoms with Crippen LogP contribution in [0.3, 0.4) is 0 Å². The van der Waals surface area contributed by atoms with Crippen molar-refractivity contribution in [1.29, 1.82) is 0 Å². The molecular formula is C25H34FN5O5. The molecule has 0 saturated carbocycles. The first-order valence-electron chi connectivity index (χ1n) is 12.4. The number of halogens is 1. The number of aliphatic hydroxyl groups excluding tert-OH is 1. The van der Waals surface area contributed by atoms with Crippen LogP contribution in [0.1, 0.15) is 83.8 Å². The van der Waals surface area contributed by atoms with E-state index in [1.807, 2.05) is 0 Å². The molecule has 10 nitrogen and oxygen atoms in total. The molecule has 3 rings (SSSR count). The van der Waals surface area contributed by atoms with E-state index < -0.39 is 24.0 Å². The second kappa shape index (κ2) is 12.7. The molecule has 0 spiro atoms. The van der Waals surface area contributed by atoms with Gasteiger partial charge in [0.15, 0.2) is 22.6 Å². The largest absolute Gasteiger partial charge is 0.469 e. The van der Waals surface area contributed by atoms with Crippen LogP contribution in [-0.2, 0) is 19.1 Å². The topological polar surface area (TPSA) is 128 Å². The van der Waals surface area contributed by atoms with Crippen molar-refractivity contribution in [2.75, 3.05) is 12.4 Å². The molecule has 1 saturated heterocycles. The van der Waals surface area contributed by atoms with Crippen molar-refractivity contribution < 1.29 is 28.6 Å². The lowest BCUT2D eigenvalue weighted by atomic mass is 9.91. The van der Waals surface area contributed by atoms with Crippen LogP contribution in [0, 0.1) is 18.4 Å². The minimum atomic E-state index is -1.27. The molecule has 0 aromatic carbocycles. The maximum atomic E-state index is 14.3. The number of aliphatic hydroxyl groups is 1. The Hall–Kier alpha value is -3.10. The molecule has 2 aromatic heterocycles. The highest BCUT2D eigenvalue weighted by atomic mass is 19.1. The Labute approximate surface area is 210 Å². The van der Waals surface area contributed by atoms with E-state index in [4.69, 9.17) is 11.2 Å². The van der Waals surface area contributed by atoms with Crippen LogP contribution in [0.4, 0.5) is 10.2 Å². The van der Waals surface area contributed by atoms with Crippen molar-refractivity contribution in [2.24, 2.45) is 0 Å². The number of nitrogens with one attached hydrogen (secondary N) is 1. The molecule has 196 valence electrons. The molecule has 11 heteroatoms. The smallest absolute Gasteiger partial charge is 0.312 e. The quantitative estimate of drug-likeness (QED) is 0.183. The van der Waals surface area contributed by atoms with Crippen LogP contribution in [0.15, 0.2) is 6.33 Å². The first-order chi connectivity index (χ1) is 17.3. The normalized spacial score (nSPS) is 21.4. The molecule has 0 radical (unpaired) electrons. The summed E-state index contributed by atoms with van der Waals surface area (Å²) in [7, 11) is 1.33. The van der Waals surface area contributed by atoms with E-state index >= 15 is 0 Å². The van der Waals surface area contributed by atoms with Crippen LogP contribution in [0.2, 0.25) is 0 Å². The Kier molecular flexibility index (Phi) is 9.73. The third-order valence-corrected chi connectivity index (χ3v) is 6.43. The zero-order chi connectivity index (χ0) is 26.1. The van der Waals surface area contributed by atoms with E-state index in [0.717, 1.165) is 32.1 Å². The number of rotatable bonds is 13.